The van der Waals surface area contributed by atoms with E-state index in [1.165, 1.54) is 6.33 Å². The van der Waals surface area contributed by atoms with E-state index in [9.17, 15) is 4.79 Å². The Morgan fingerprint density at radius 1 is 1.00 bits per heavy atom. The van der Waals surface area contributed by atoms with Gasteiger partial charge in [0.2, 0.25) is 11.9 Å². The highest BCUT2D eigenvalue weighted by atomic mass is 16.5. The van der Waals surface area contributed by atoms with Crippen LogP contribution in [0, 0.1) is 5.41 Å². The number of benzene rings is 2. The molecule has 2 heterocycles. The normalized spacial score (nSPS) is 19.0. The summed E-state index contributed by atoms with van der Waals surface area (Å²) in [4.78, 5) is 19.7. The highest BCUT2D eigenvalue weighted by Crippen LogP contribution is 2.43. The van der Waals surface area contributed by atoms with Crippen LogP contribution in [-0.2, 0) is 4.79 Å². The SMILES string of the molecule is COc1ccc([C@@H]2C[C@H](c3ccccc3)N(C(=O)C(C)(C)C)c3ncnn32)cc1. The molecule has 0 unspecified atom stereocenters. The van der Waals surface area contributed by atoms with Crippen LogP contribution in [0.3, 0.4) is 0 Å². The highest BCUT2D eigenvalue weighted by molar-refractivity contribution is 5.96. The number of nitrogens with zero attached hydrogens (tertiary/aromatic N) is 4. The van der Waals surface area contributed by atoms with Crippen LogP contribution in [0.25, 0.3) is 0 Å². The molecule has 0 fully saturated rings. The molecule has 0 N–H and O–H groups in total. The summed E-state index contributed by atoms with van der Waals surface area (Å²) in [5.74, 6) is 1.44. The van der Waals surface area contributed by atoms with Gasteiger partial charge in [0.05, 0.1) is 19.2 Å². The number of carbonyl (C=O) groups is 1. The molecular weight excluding hydrogens is 364 g/mol. The molecule has 0 saturated carbocycles. The Morgan fingerprint density at radius 3 is 2.28 bits per heavy atom. The zero-order chi connectivity index (χ0) is 20.6. The fraction of sp³-hybridized carbons (Fsp3) is 0.348. The number of methoxy groups -OCH3 is 1. The van der Waals surface area contributed by atoms with E-state index < -0.39 is 5.41 Å². The number of aromatic nitrogens is 3. The molecule has 1 aliphatic rings. The largest absolute Gasteiger partial charge is 0.497 e. The quantitative estimate of drug-likeness (QED) is 0.665. The molecule has 1 amide bonds. The van der Waals surface area contributed by atoms with E-state index in [-0.39, 0.29) is 18.0 Å². The molecule has 150 valence electrons. The third-order valence-corrected chi connectivity index (χ3v) is 5.37. The number of hydrogen-bond donors (Lipinski definition) is 0. The van der Waals surface area contributed by atoms with E-state index in [4.69, 9.17) is 4.74 Å². The van der Waals surface area contributed by atoms with E-state index in [0.29, 0.717) is 12.4 Å². The number of ether oxygens (including phenoxy) is 1. The number of amides is 1. The lowest BCUT2D eigenvalue weighted by Gasteiger charge is -2.41. The van der Waals surface area contributed by atoms with Crippen LogP contribution < -0.4 is 9.64 Å². The second-order valence-corrected chi connectivity index (χ2v) is 8.38. The Morgan fingerprint density at radius 2 is 1.66 bits per heavy atom. The van der Waals surface area contributed by atoms with Gasteiger partial charge in [0.15, 0.2) is 0 Å². The van der Waals surface area contributed by atoms with Crippen molar-refractivity contribution in [2.75, 3.05) is 12.0 Å². The first-order chi connectivity index (χ1) is 13.9. The molecule has 1 aromatic heterocycles. The van der Waals surface area contributed by atoms with Gasteiger partial charge in [0.25, 0.3) is 0 Å². The zero-order valence-electron chi connectivity index (χ0n) is 17.2. The van der Waals surface area contributed by atoms with Crippen LogP contribution in [0.2, 0.25) is 0 Å². The van der Waals surface area contributed by atoms with Gasteiger partial charge in [-0.2, -0.15) is 10.1 Å². The van der Waals surface area contributed by atoms with Crippen molar-refractivity contribution in [3.63, 3.8) is 0 Å². The van der Waals surface area contributed by atoms with Crippen molar-refractivity contribution >= 4 is 11.9 Å². The monoisotopic (exact) mass is 390 g/mol. The van der Waals surface area contributed by atoms with Crippen molar-refractivity contribution in [1.29, 1.82) is 0 Å². The van der Waals surface area contributed by atoms with Gasteiger partial charge in [-0.1, -0.05) is 63.2 Å². The maximum atomic E-state index is 13.4. The molecule has 0 bridgehead atoms. The minimum atomic E-state index is -0.531. The van der Waals surface area contributed by atoms with Crippen LogP contribution in [0.1, 0.15) is 50.4 Å². The predicted molar refractivity (Wildman–Crippen MR) is 112 cm³/mol. The van der Waals surface area contributed by atoms with Crippen LogP contribution in [0.15, 0.2) is 60.9 Å². The third-order valence-electron chi connectivity index (χ3n) is 5.37. The van der Waals surface area contributed by atoms with Crippen molar-refractivity contribution in [3.05, 3.63) is 72.1 Å². The van der Waals surface area contributed by atoms with Gasteiger partial charge in [-0.05, 0) is 29.7 Å². The summed E-state index contributed by atoms with van der Waals surface area (Å²) in [5.41, 5.74) is 1.68. The summed E-state index contributed by atoms with van der Waals surface area (Å²) in [5, 5.41) is 4.48. The first-order valence-corrected chi connectivity index (χ1v) is 9.82. The second-order valence-electron chi connectivity index (χ2n) is 8.38. The number of hydrogen-bond acceptors (Lipinski definition) is 4. The summed E-state index contributed by atoms with van der Waals surface area (Å²) in [6, 6.07) is 18.0. The van der Waals surface area contributed by atoms with E-state index >= 15 is 0 Å². The predicted octanol–water partition coefficient (Wildman–Crippen LogP) is 4.40. The number of fused-ring (bicyclic) bond motifs is 1. The lowest BCUT2D eigenvalue weighted by Crippen LogP contribution is -2.47. The fourth-order valence-corrected chi connectivity index (χ4v) is 3.85. The van der Waals surface area contributed by atoms with Gasteiger partial charge < -0.3 is 4.74 Å². The van der Waals surface area contributed by atoms with Crippen molar-refractivity contribution in [3.8, 4) is 5.75 Å². The summed E-state index contributed by atoms with van der Waals surface area (Å²) < 4.78 is 7.17. The number of rotatable bonds is 3. The first kappa shape index (κ1) is 19.2. The van der Waals surface area contributed by atoms with Crippen molar-refractivity contribution in [2.24, 2.45) is 5.41 Å². The van der Waals surface area contributed by atoms with E-state index in [1.807, 2.05) is 60.7 Å². The van der Waals surface area contributed by atoms with Gasteiger partial charge in [-0.3, -0.25) is 9.69 Å². The molecule has 0 aliphatic carbocycles. The van der Waals surface area contributed by atoms with Crippen molar-refractivity contribution < 1.29 is 9.53 Å². The molecule has 4 rings (SSSR count). The molecule has 0 spiro atoms. The maximum absolute atomic E-state index is 13.4. The maximum Gasteiger partial charge on any atom is 0.235 e. The minimum absolute atomic E-state index is 0.0207. The zero-order valence-corrected chi connectivity index (χ0v) is 17.2. The molecule has 0 radical (unpaired) electrons. The van der Waals surface area contributed by atoms with E-state index in [2.05, 4.69) is 34.3 Å². The Kier molecular flexibility index (Phi) is 4.86. The van der Waals surface area contributed by atoms with E-state index in [1.54, 1.807) is 7.11 Å². The molecule has 1 aliphatic heterocycles. The Bertz CT molecular complexity index is 990. The standard InChI is InChI=1S/C23H26N4O2/c1-23(2,3)21(28)26-19(16-8-6-5-7-9-16)14-20(27-22(26)24-15-25-27)17-10-12-18(29-4)13-11-17/h5-13,15,19-20H,14H2,1-4H3/t19-,20+/m1/s1. The molecule has 3 aromatic rings. The average molecular weight is 390 g/mol. The van der Waals surface area contributed by atoms with Gasteiger partial charge >= 0.3 is 0 Å². The van der Waals surface area contributed by atoms with Crippen molar-refractivity contribution in [1.82, 2.24) is 14.8 Å². The van der Waals surface area contributed by atoms with Gasteiger partial charge in [0, 0.05) is 5.41 Å². The second kappa shape index (κ2) is 7.35. The molecule has 2 atom stereocenters. The number of carbonyl (C=O) groups excluding carboxylic acids is 1. The Labute approximate surface area is 171 Å². The summed E-state index contributed by atoms with van der Waals surface area (Å²) in [7, 11) is 1.66. The Balaban J connectivity index is 1.83. The lowest BCUT2D eigenvalue weighted by atomic mass is 9.88. The first-order valence-electron chi connectivity index (χ1n) is 9.82. The third kappa shape index (κ3) is 3.50. The van der Waals surface area contributed by atoms with Gasteiger partial charge in [-0.15, -0.1) is 0 Å². The molecule has 2 aromatic carbocycles. The fourth-order valence-electron chi connectivity index (χ4n) is 3.85. The summed E-state index contributed by atoms with van der Waals surface area (Å²) >= 11 is 0. The van der Waals surface area contributed by atoms with E-state index in [0.717, 1.165) is 16.9 Å². The average Bonchev–Trinajstić information content (AvgIpc) is 3.22. The van der Waals surface area contributed by atoms with Crippen LogP contribution >= 0.6 is 0 Å². The van der Waals surface area contributed by atoms with Gasteiger partial charge in [0.1, 0.15) is 12.1 Å². The van der Waals surface area contributed by atoms with Crippen LogP contribution in [0.4, 0.5) is 5.95 Å². The van der Waals surface area contributed by atoms with Gasteiger partial charge in [-0.25, -0.2) is 4.68 Å². The van der Waals surface area contributed by atoms with Crippen molar-refractivity contribution in [2.45, 2.75) is 39.3 Å². The molecule has 29 heavy (non-hydrogen) atoms. The summed E-state index contributed by atoms with van der Waals surface area (Å²) in [6.07, 6.45) is 2.25. The van der Waals surface area contributed by atoms with Crippen LogP contribution in [-0.4, -0.2) is 27.8 Å². The summed E-state index contributed by atoms with van der Waals surface area (Å²) in [6.45, 7) is 5.81. The smallest absolute Gasteiger partial charge is 0.235 e. The van der Waals surface area contributed by atoms with Crippen LogP contribution in [0.5, 0.6) is 5.75 Å². The highest BCUT2D eigenvalue weighted by Gasteiger charge is 2.42. The molecule has 6 heteroatoms. The molecule has 6 nitrogen and oxygen atoms in total. The molecule has 0 saturated heterocycles. The number of anilines is 1. The molecular formula is C23H26N4O2. The lowest BCUT2D eigenvalue weighted by molar-refractivity contribution is -0.126. The minimum Gasteiger partial charge on any atom is -0.497 e. The Hall–Kier alpha value is -3.15. The topological polar surface area (TPSA) is 60.2 Å².